The maximum absolute atomic E-state index is 11.3. The summed E-state index contributed by atoms with van der Waals surface area (Å²) in [6, 6.07) is 0. The van der Waals surface area contributed by atoms with E-state index in [1.165, 1.54) is 154 Å². The summed E-state index contributed by atoms with van der Waals surface area (Å²) in [7, 11) is 2.16. The maximum atomic E-state index is 11.3. The van der Waals surface area contributed by atoms with Gasteiger partial charge in [-0.15, -0.1) is 0 Å². The molecular weight excluding hydrogens is 587 g/mol. The van der Waals surface area contributed by atoms with Crippen LogP contribution >= 0.6 is 0 Å². The summed E-state index contributed by atoms with van der Waals surface area (Å²) in [5.74, 6) is -0.868. The Hall–Kier alpha value is -1.16. The highest BCUT2D eigenvalue weighted by Gasteiger charge is 2.54. The van der Waals surface area contributed by atoms with Crippen molar-refractivity contribution in [3.05, 3.63) is 48.6 Å². The fraction of sp³-hybridized carbons (Fsp3) is 0.822. The van der Waals surface area contributed by atoms with Crippen molar-refractivity contribution >= 4 is 0 Å². The zero-order valence-electron chi connectivity index (χ0n) is 32.4. The summed E-state index contributed by atoms with van der Waals surface area (Å²) < 4.78 is 6.32. The molecule has 0 radical (unpaired) electrons. The minimum absolute atomic E-state index is 0.210. The Morgan fingerprint density at radius 1 is 0.562 bits per heavy atom. The van der Waals surface area contributed by atoms with Gasteiger partial charge in [-0.25, -0.2) is 0 Å². The Balaban J connectivity index is 1.55. The predicted molar refractivity (Wildman–Crippen MR) is 212 cm³/mol. The van der Waals surface area contributed by atoms with E-state index in [2.05, 4.69) is 74.4 Å². The van der Waals surface area contributed by atoms with Gasteiger partial charge in [0.1, 0.15) is 0 Å². The second kappa shape index (κ2) is 28.5. The summed E-state index contributed by atoms with van der Waals surface area (Å²) in [6.07, 6.45) is 55.7. The summed E-state index contributed by atoms with van der Waals surface area (Å²) in [4.78, 5) is 2.33. The minimum Gasteiger partial charge on any atom is -0.365 e. The lowest BCUT2D eigenvalue weighted by Crippen LogP contribution is -2.55. The normalized spacial score (nSPS) is 19.5. The van der Waals surface area contributed by atoms with Crippen LogP contribution in [0.5, 0.6) is 0 Å². The molecule has 1 saturated carbocycles. The number of hydrogen-bond acceptors (Lipinski definition) is 3. The van der Waals surface area contributed by atoms with Crippen molar-refractivity contribution in [3.8, 4) is 0 Å². The molecule has 48 heavy (non-hydrogen) atoms. The second-order valence-electron chi connectivity index (χ2n) is 15.8. The average Bonchev–Trinajstić information content (AvgIpc) is 3.47. The van der Waals surface area contributed by atoms with Crippen LogP contribution in [0.15, 0.2) is 48.6 Å². The smallest absolute Gasteiger partial charge is 0.166 e. The second-order valence-corrected chi connectivity index (χ2v) is 15.8. The van der Waals surface area contributed by atoms with Gasteiger partial charge in [-0.05, 0) is 95.9 Å². The molecule has 1 N–H and O–H groups in total. The van der Waals surface area contributed by atoms with Gasteiger partial charge < -0.3 is 14.7 Å². The van der Waals surface area contributed by atoms with E-state index >= 15 is 0 Å². The van der Waals surface area contributed by atoms with Crippen LogP contribution in [0.1, 0.15) is 200 Å². The van der Waals surface area contributed by atoms with Gasteiger partial charge in [0, 0.05) is 25.9 Å². The molecular formula is C45H81NO2. The van der Waals surface area contributed by atoms with E-state index in [-0.39, 0.29) is 6.10 Å². The molecule has 2 aliphatic rings. The topological polar surface area (TPSA) is 32.7 Å². The van der Waals surface area contributed by atoms with E-state index in [0.717, 1.165) is 45.2 Å². The zero-order chi connectivity index (χ0) is 34.4. The first-order valence-corrected chi connectivity index (χ1v) is 21.2. The van der Waals surface area contributed by atoms with Crippen LogP contribution in [-0.4, -0.2) is 42.0 Å². The van der Waals surface area contributed by atoms with Crippen LogP contribution < -0.4 is 0 Å². The van der Waals surface area contributed by atoms with Gasteiger partial charge in [0.25, 0.3) is 0 Å². The lowest BCUT2D eigenvalue weighted by molar-refractivity contribution is -0.313. The molecule has 0 bridgehead atoms. The third-order valence-corrected chi connectivity index (χ3v) is 10.9. The molecule has 0 aromatic rings. The molecule has 1 heterocycles. The van der Waals surface area contributed by atoms with E-state index in [1.54, 1.807) is 0 Å². The van der Waals surface area contributed by atoms with E-state index in [9.17, 15) is 5.11 Å². The maximum Gasteiger partial charge on any atom is 0.166 e. The number of allylic oxidation sites excluding steroid dienone is 8. The molecule has 3 heteroatoms. The Morgan fingerprint density at radius 3 is 1.35 bits per heavy atom. The molecule has 1 unspecified atom stereocenters. The number of rotatable bonds is 32. The van der Waals surface area contributed by atoms with Crippen molar-refractivity contribution < 1.29 is 9.84 Å². The molecule has 0 aromatic heterocycles. The molecule has 278 valence electrons. The van der Waals surface area contributed by atoms with Crippen molar-refractivity contribution in [2.75, 3.05) is 20.1 Å². The number of ether oxygens (including phenoxy) is 1. The summed E-state index contributed by atoms with van der Waals surface area (Å²) >= 11 is 0. The van der Waals surface area contributed by atoms with Crippen LogP contribution in [0.4, 0.5) is 0 Å². The molecule has 1 saturated heterocycles. The molecule has 1 atom stereocenters. The van der Waals surface area contributed by atoms with Gasteiger partial charge in [-0.3, -0.25) is 0 Å². The lowest BCUT2D eigenvalue weighted by atomic mass is 9.59. The molecule has 2 rings (SSSR count). The van der Waals surface area contributed by atoms with Crippen LogP contribution in [0, 0.1) is 5.41 Å². The van der Waals surface area contributed by atoms with Crippen LogP contribution in [0.3, 0.4) is 0 Å². The van der Waals surface area contributed by atoms with Gasteiger partial charge in [0.2, 0.25) is 0 Å². The monoisotopic (exact) mass is 668 g/mol. The highest BCUT2D eigenvalue weighted by atomic mass is 16.6. The van der Waals surface area contributed by atoms with Gasteiger partial charge in [0.05, 0.1) is 6.10 Å². The summed E-state index contributed by atoms with van der Waals surface area (Å²) in [6.45, 7) is 6.59. The molecule has 1 aliphatic carbocycles. The fourth-order valence-electron chi connectivity index (χ4n) is 7.96. The molecule has 0 amide bonds. The molecule has 0 aromatic carbocycles. The van der Waals surface area contributed by atoms with Crippen molar-refractivity contribution in [2.24, 2.45) is 5.41 Å². The number of likely N-dealkylation sites (tertiary alicyclic amines) is 1. The van der Waals surface area contributed by atoms with Crippen molar-refractivity contribution in [1.29, 1.82) is 0 Å². The first kappa shape index (κ1) is 43.0. The lowest BCUT2D eigenvalue weighted by Gasteiger charge is -2.54. The third kappa shape index (κ3) is 21.8. The Morgan fingerprint density at radius 2 is 0.958 bits per heavy atom. The first-order chi connectivity index (χ1) is 23.5. The van der Waals surface area contributed by atoms with Crippen molar-refractivity contribution in [3.63, 3.8) is 0 Å². The van der Waals surface area contributed by atoms with Gasteiger partial charge in [0.15, 0.2) is 5.79 Å². The summed E-state index contributed by atoms with van der Waals surface area (Å²) in [5.41, 5.74) is 0.309. The Kier molecular flexibility index (Phi) is 25.6. The number of hydrogen-bond donors (Lipinski definition) is 1. The Bertz CT molecular complexity index is 801. The van der Waals surface area contributed by atoms with Crippen LogP contribution in [-0.2, 0) is 4.74 Å². The molecule has 2 fully saturated rings. The number of likely N-dealkylation sites (N-methyl/N-ethyl adjacent to an activating group) is 1. The highest BCUT2D eigenvalue weighted by Crippen LogP contribution is 2.56. The van der Waals surface area contributed by atoms with Gasteiger partial charge >= 0.3 is 0 Å². The standard InChI is InChI=1S/C45H81NO2/c1-4-6-8-10-12-14-16-18-20-22-24-26-28-30-32-34-37-44(41-45(47,42-44)48-43-36-39-46(3)40-43)38-35-33-31-29-27-25-23-21-19-17-15-13-11-9-7-5-2/h12-15,18-21,43,47H,4-11,16-17,22-42H2,1-3H3/b14-12-,15-13-,20-18-,21-19-. The third-order valence-electron chi connectivity index (χ3n) is 10.9. The van der Waals surface area contributed by atoms with E-state index in [4.69, 9.17) is 4.74 Å². The minimum atomic E-state index is -0.868. The molecule has 1 aliphatic heterocycles. The fourth-order valence-corrected chi connectivity index (χ4v) is 7.96. The SMILES string of the molecule is CCCCC/C=C\C/C=C\CCCCCCCCC1(CCCCCCCC/C=C\C/C=C\CCCCC)CC(O)(OC2CCN(C)C2)C1. The largest absolute Gasteiger partial charge is 0.365 e. The van der Waals surface area contributed by atoms with Crippen LogP contribution in [0.2, 0.25) is 0 Å². The van der Waals surface area contributed by atoms with E-state index in [1.807, 2.05) is 0 Å². The van der Waals surface area contributed by atoms with Crippen molar-refractivity contribution in [1.82, 2.24) is 4.90 Å². The van der Waals surface area contributed by atoms with Crippen LogP contribution in [0.25, 0.3) is 0 Å². The van der Waals surface area contributed by atoms with E-state index in [0.29, 0.717) is 5.41 Å². The highest BCUT2D eigenvalue weighted by molar-refractivity contribution is 5.00. The molecule has 3 nitrogen and oxygen atoms in total. The number of nitrogens with zero attached hydrogens (tertiary/aromatic N) is 1. The summed E-state index contributed by atoms with van der Waals surface area (Å²) in [5, 5.41) is 11.3. The predicted octanol–water partition coefficient (Wildman–Crippen LogP) is 13.6. The van der Waals surface area contributed by atoms with E-state index < -0.39 is 5.79 Å². The Labute approximate surface area is 300 Å². The first-order valence-electron chi connectivity index (χ1n) is 21.2. The van der Waals surface area contributed by atoms with Crippen molar-refractivity contribution in [2.45, 2.75) is 212 Å². The molecule has 0 spiro atoms. The number of unbranched alkanes of at least 4 members (excludes halogenated alkanes) is 18. The van der Waals surface area contributed by atoms with Gasteiger partial charge in [-0.1, -0.05) is 152 Å². The van der Waals surface area contributed by atoms with Gasteiger partial charge in [-0.2, -0.15) is 0 Å². The quantitative estimate of drug-likeness (QED) is 0.0440. The zero-order valence-corrected chi connectivity index (χ0v) is 32.4. The average molecular weight is 668 g/mol. The number of aliphatic hydroxyl groups is 1.